The second-order valence-electron chi connectivity index (χ2n) is 6.62. The molecule has 122 valence electrons. The van der Waals surface area contributed by atoms with E-state index in [0.29, 0.717) is 19.7 Å². The van der Waals surface area contributed by atoms with Crippen LogP contribution in [-0.2, 0) is 16.1 Å². The number of carbonyl (C=O) groups is 1. The highest BCUT2D eigenvalue weighted by Gasteiger charge is 2.27. The lowest BCUT2D eigenvalue weighted by Crippen LogP contribution is -2.43. The third-order valence-corrected chi connectivity index (χ3v) is 3.41. The van der Waals surface area contributed by atoms with E-state index in [4.69, 9.17) is 9.47 Å². The van der Waals surface area contributed by atoms with Gasteiger partial charge >= 0.3 is 6.09 Å². The fraction of sp³-hybridized carbons (Fsp3) is 0.688. The first-order valence-corrected chi connectivity index (χ1v) is 7.70. The van der Waals surface area contributed by atoms with Crippen LogP contribution in [0.5, 0.6) is 0 Å². The van der Waals surface area contributed by atoms with Crippen LogP contribution in [0.1, 0.15) is 45.0 Å². The fourth-order valence-electron chi connectivity index (χ4n) is 2.24. The number of hydrogen-bond acceptors (Lipinski definition) is 5. The molecule has 1 aliphatic rings. The zero-order valence-corrected chi connectivity index (χ0v) is 13.8. The van der Waals surface area contributed by atoms with Crippen molar-refractivity contribution >= 4 is 6.09 Å². The molecule has 0 atom stereocenters. The van der Waals surface area contributed by atoms with Gasteiger partial charge in [0.15, 0.2) is 0 Å². The third-order valence-electron chi connectivity index (χ3n) is 3.41. The maximum Gasteiger partial charge on any atom is 0.410 e. The van der Waals surface area contributed by atoms with Gasteiger partial charge in [-0.2, -0.15) is 0 Å². The number of ether oxygens (including phenoxy) is 2. The van der Waals surface area contributed by atoms with Crippen LogP contribution in [0.25, 0.3) is 0 Å². The smallest absolute Gasteiger partial charge is 0.410 e. The lowest BCUT2D eigenvalue weighted by atomic mass is 10.1. The van der Waals surface area contributed by atoms with E-state index in [1.54, 1.807) is 17.3 Å². The number of hydrogen-bond donors (Lipinski definition) is 0. The van der Waals surface area contributed by atoms with E-state index in [1.807, 2.05) is 27.7 Å². The number of rotatable bonds is 3. The zero-order valence-electron chi connectivity index (χ0n) is 13.8. The molecule has 1 saturated heterocycles. The van der Waals surface area contributed by atoms with Gasteiger partial charge in [0, 0.05) is 31.0 Å². The van der Waals surface area contributed by atoms with Crippen molar-refractivity contribution in [2.24, 2.45) is 0 Å². The van der Waals surface area contributed by atoms with Gasteiger partial charge in [-0.15, -0.1) is 0 Å². The van der Waals surface area contributed by atoms with E-state index in [9.17, 15) is 4.79 Å². The number of nitrogens with zero attached hydrogens (tertiary/aromatic N) is 3. The highest BCUT2D eigenvalue weighted by Crippen LogP contribution is 2.18. The number of piperidine rings is 1. The van der Waals surface area contributed by atoms with Crippen molar-refractivity contribution in [1.29, 1.82) is 0 Å². The Kier molecular flexibility index (Phi) is 5.34. The summed E-state index contributed by atoms with van der Waals surface area (Å²) in [6.45, 7) is 9.35. The summed E-state index contributed by atoms with van der Waals surface area (Å²) in [4.78, 5) is 22.0. The lowest BCUT2D eigenvalue weighted by Gasteiger charge is -2.33. The predicted molar refractivity (Wildman–Crippen MR) is 82.4 cm³/mol. The van der Waals surface area contributed by atoms with Crippen LogP contribution in [0.4, 0.5) is 4.79 Å². The van der Waals surface area contributed by atoms with Gasteiger partial charge in [0.2, 0.25) is 0 Å². The lowest BCUT2D eigenvalue weighted by molar-refractivity contribution is -0.0171. The number of aryl methyl sites for hydroxylation is 1. The fourth-order valence-corrected chi connectivity index (χ4v) is 2.24. The van der Waals surface area contributed by atoms with Gasteiger partial charge in [0.05, 0.1) is 12.7 Å². The summed E-state index contributed by atoms with van der Waals surface area (Å²) in [5.74, 6) is 0.759. The Labute approximate surface area is 131 Å². The van der Waals surface area contributed by atoms with Crippen molar-refractivity contribution < 1.29 is 14.3 Å². The first-order valence-electron chi connectivity index (χ1n) is 7.70. The molecule has 0 saturated carbocycles. The monoisotopic (exact) mass is 307 g/mol. The van der Waals surface area contributed by atoms with E-state index in [0.717, 1.165) is 24.2 Å². The summed E-state index contributed by atoms with van der Waals surface area (Å²) < 4.78 is 11.3. The van der Waals surface area contributed by atoms with Crippen LogP contribution in [0.15, 0.2) is 12.4 Å². The van der Waals surface area contributed by atoms with Crippen LogP contribution in [-0.4, -0.2) is 45.8 Å². The van der Waals surface area contributed by atoms with E-state index < -0.39 is 5.60 Å². The molecule has 22 heavy (non-hydrogen) atoms. The van der Waals surface area contributed by atoms with Crippen LogP contribution in [0.3, 0.4) is 0 Å². The highest BCUT2D eigenvalue weighted by molar-refractivity contribution is 5.68. The molecule has 0 radical (unpaired) electrons. The van der Waals surface area contributed by atoms with Gasteiger partial charge in [-0.3, -0.25) is 0 Å². The van der Waals surface area contributed by atoms with E-state index >= 15 is 0 Å². The summed E-state index contributed by atoms with van der Waals surface area (Å²) in [7, 11) is 0. The molecule has 0 bridgehead atoms. The van der Waals surface area contributed by atoms with Crippen molar-refractivity contribution in [2.75, 3.05) is 13.1 Å². The Balaban J connectivity index is 1.73. The first-order chi connectivity index (χ1) is 10.3. The molecule has 6 heteroatoms. The topological polar surface area (TPSA) is 64.5 Å². The minimum Gasteiger partial charge on any atom is -0.444 e. The number of aromatic nitrogens is 2. The van der Waals surface area contributed by atoms with Crippen molar-refractivity contribution in [3.63, 3.8) is 0 Å². The normalized spacial score (nSPS) is 16.6. The molecule has 0 aromatic carbocycles. The Hall–Kier alpha value is -1.69. The summed E-state index contributed by atoms with van der Waals surface area (Å²) >= 11 is 0. The molecule has 2 heterocycles. The molecule has 1 aromatic heterocycles. The Morgan fingerprint density at radius 1 is 1.27 bits per heavy atom. The number of amides is 1. The van der Waals surface area contributed by atoms with E-state index in [1.165, 1.54) is 0 Å². The molecule has 1 fully saturated rings. The summed E-state index contributed by atoms with van der Waals surface area (Å²) in [5.41, 5.74) is 0.524. The minimum absolute atomic E-state index is 0.167. The highest BCUT2D eigenvalue weighted by atomic mass is 16.6. The van der Waals surface area contributed by atoms with E-state index in [2.05, 4.69) is 9.97 Å². The summed E-state index contributed by atoms with van der Waals surface area (Å²) in [6.07, 6.45) is 5.16. The minimum atomic E-state index is -0.449. The third kappa shape index (κ3) is 5.26. The maximum atomic E-state index is 12.0. The molecule has 1 aromatic rings. The predicted octanol–water partition coefficient (Wildman–Crippen LogP) is 2.70. The Morgan fingerprint density at radius 3 is 2.41 bits per heavy atom. The molecular weight excluding hydrogens is 282 g/mol. The van der Waals surface area contributed by atoms with Crippen molar-refractivity contribution in [3.05, 3.63) is 23.8 Å². The average molecular weight is 307 g/mol. The second-order valence-corrected chi connectivity index (χ2v) is 6.62. The Morgan fingerprint density at radius 2 is 1.86 bits per heavy atom. The molecule has 1 aliphatic heterocycles. The number of likely N-dealkylation sites (tertiary alicyclic amines) is 1. The molecule has 2 rings (SSSR count). The first kappa shape index (κ1) is 16.7. The van der Waals surface area contributed by atoms with Gasteiger partial charge in [0.25, 0.3) is 0 Å². The molecule has 0 unspecified atom stereocenters. The standard InChI is InChI=1S/C16H25N3O3/c1-12-17-9-13(10-18-12)11-21-14-5-7-19(8-6-14)15(20)22-16(2,3)4/h9-10,14H,5-8,11H2,1-4H3. The maximum absolute atomic E-state index is 12.0. The molecule has 6 nitrogen and oxygen atoms in total. The average Bonchev–Trinajstić information content (AvgIpc) is 2.45. The molecule has 0 aliphatic carbocycles. The largest absolute Gasteiger partial charge is 0.444 e. The van der Waals surface area contributed by atoms with Crippen LogP contribution >= 0.6 is 0 Å². The second kappa shape index (κ2) is 7.05. The van der Waals surface area contributed by atoms with Crippen molar-refractivity contribution in [3.8, 4) is 0 Å². The van der Waals surface area contributed by atoms with Crippen LogP contribution in [0.2, 0.25) is 0 Å². The molecule has 1 amide bonds. The van der Waals surface area contributed by atoms with E-state index in [-0.39, 0.29) is 12.2 Å². The van der Waals surface area contributed by atoms with Gasteiger partial charge < -0.3 is 14.4 Å². The van der Waals surface area contributed by atoms with Gasteiger partial charge in [-0.25, -0.2) is 14.8 Å². The molecular formula is C16H25N3O3. The Bertz CT molecular complexity index is 488. The summed E-state index contributed by atoms with van der Waals surface area (Å²) in [5, 5.41) is 0. The summed E-state index contributed by atoms with van der Waals surface area (Å²) in [6, 6.07) is 0. The van der Waals surface area contributed by atoms with Gasteiger partial charge in [0.1, 0.15) is 11.4 Å². The van der Waals surface area contributed by atoms with Gasteiger partial charge in [-0.05, 0) is 40.5 Å². The molecule has 0 spiro atoms. The van der Waals surface area contributed by atoms with Crippen LogP contribution in [0, 0.1) is 6.92 Å². The molecule has 0 N–H and O–H groups in total. The number of carbonyl (C=O) groups excluding carboxylic acids is 1. The van der Waals surface area contributed by atoms with Crippen molar-refractivity contribution in [1.82, 2.24) is 14.9 Å². The van der Waals surface area contributed by atoms with Crippen molar-refractivity contribution in [2.45, 2.75) is 58.8 Å². The zero-order chi connectivity index (χ0) is 16.2. The quantitative estimate of drug-likeness (QED) is 0.859. The van der Waals surface area contributed by atoms with Gasteiger partial charge in [-0.1, -0.05) is 0 Å². The SMILES string of the molecule is Cc1ncc(COC2CCN(C(=O)OC(C)(C)C)CC2)cn1. The van der Waals surface area contributed by atoms with Crippen LogP contribution < -0.4 is 0 Å².